The summed E-state index contributed by atoms with van der Waals surface area (Å²) in [7, 11) is 1.93. The molecule has 1 atom stereocenters. The number of likely N-dealkylation sites (N-methyl/N-ethyl adjacent to an activating group) is 1. The number of carbonyl (C=O) groups is 1. The Morgan fingerprint density at radius 2 is 2.30 bits per heavy atom. The van der Waals surface area contributed by atoms with Crippen LogP contribution in [0.1, 0.15) is 12.0 Å². The highest BCUT2D eigenvalue weighted by Gasteiger charge is 2.22. The van der Waals surface area contributed by atoms with Gasteiger partial charge in [0.25, 0.3) is 0 Å². The van der Waals surface area contributed by atoms with Crippen LogP contribution in [0.2, 0.25) is 0 Å². The Balaban J connectivity index is 1.96. The van der Waals surface area contributed by atoms with Crippen molar-refractivity contribution in [1.29, 1.82) is 0 Å². The van der Waals surface area contributed by atoms with Crippen molar-refractivity contribution in [2.24, 2.45) is 5.73 Å². The Morgan fingerprint density at radius 1 is 1.55 bits per heavy atom. The summed E-state index contributed by atoms with van der Waals surface area (Å²) < 4.78 is 5.32. The summed E-state index contributed by atoms with van der Waals surface area (Å²) in [4.78, 5) is 14.4. The Morgan fingerprint density at radius 3 is 2.95 bits per heavy atom. The average Bonchev–Trinajstić information content (AvgIpc) is 2.92. The Labute approximate surface area is 124 Å². The van der Waals surface area contributed by atoms with Gasteiger partial charge in [0, 0.05) is 18.2 Å². The molecule has 1 aromatic carbocycles. The van der Waals surface area contributed by atoms with Gasteiger partial charge >= 0.3 is 0 Å². The van der Waals surface area contributed by atoms with Gasteiger partial charge < -0.3 is 15.8 Å². The number of benzene rings is 1. The van der Waals surface area contributed by atoms with Gasteiger partial charge in [-0.25, -0.2) is 0 Å². The monoisotopic (exact) mass is 293 g/mol. The number of carbonyl (C=O) groups excluding carboxylic acids is 1. The number of anilines is 1. The number of nitrogens with one attached hydrogen (secondary N) is 1. The van der Waals surface area contributed by atoms with Gasteiger partial charge in [0.05, 0.1) is 18.8 Å². The topological polar surface area (TPSA) is 67.6 Å². The predicted molar refractivity (Wildman–Crippen MR) is 82.8 cm³/mol. The molecule has 0 spiro atoms. The fourth-order valence-corrected chi connectivity index (χ4v) is 2.40. The van der Waals surface area contributed by atoms with Gasteiger partial charge in [0.2, 0.25) is 5.91 Å². The molecule has 108 valence electrons. The van der Waals surface area contributed by atoms with Crippen LogP contribution in [0.25, 0.3) is 0 Å². The molecule has 0 aliphatic carbocycles. The van der Waals surface area contributed by atoms with Crippen LogP contribution in [0.4, 0.5) is 5.69 Å². The second-order valence-electron chi connectivity index (χ2n) is 4.89. The maximum absolute atomic E-state index is 12.1. The summed E-state index contributed by atoms with van der Waals surface area (Å²) in [5.41, 5.74) is 6.98. The van der Waals surface area contributed by atoms with Crippen molar-refractivity contribution in [2.45, 2.75) is 12.5 Å². The lowest BCUT2D eigenvalue weighted by molar-refractivity contribution is -0.117. The Hall–Kier alpha value is -1.50. The third-order valence-corrected chi connectivity index (χ3v) is 3.61. The molecule has 1 heterocycles. The van der Waals surface area contributed by atoms with Gasteiger partial charge in [0.15, 0.2) is 0 Å². The van der Waals surface area contributed by atoms with Crippen LogP contribution in [-0.2, 0) is 9.53 Å². The summed E-state index contributed by atoms with van der Waals surface area (Å²) in [6.45, 7) is 1.77. The summed E-state index contributed by atoms with van der Waals surface area (Å²) in [6, 6.07) is 7.59. The SMILES string of the molecule is CN(CC(=O)Nc1ccccc1C(N)=S)C1CCOC1. The molecule has 2 rings (SSSR count). The lowest BCUT2D eigenvalue weighted by Gasteiger charge is -2.22. The first-order valence-corrected chi connectivity index (χ1v) is 6.95. The highest BCUT2D eigenvalue weighted by atomic mass is 32.1. The number of hydrogen-bond donors (Lipinski definition) is 2. The first-order valence-electron chi connectivity index (χ1n) is 6.54. The molecule has 5 nitrogen and oxygen atoms in total. The highest BCUT2D eigenvalue weighted by molar-refractivity contribution is 7.80. The van der Waals surface area contributed by atoms with E-state index >= 15 is 0 Å². The summed E-state index contributed by atoms with van der Waals surface area (Å²) in [5, 5.41) is 2.86. The Bertz CT molecular complexity index is 501. The van der Waals surface area contributed by atoms with E-state index in [1.165, 1.54) is 0 Å². The first-order chi connectivity index (χ1) is 9.58. The summed E-state index contributed by atoms with van der Waals surface area (Å²) in [5.74, 6) is -0.0805. The largest absolute Gasteiger partial charge is 0.389 e. The fraction of sp³-hybridized carbons (Fsp3) is 0.429. The zero-order chi connectivity index (χ0) is 14.5. The molecule has 0 radical (unpaired) electrons. The van der Waals surface area contributed by atoms with E-state index in [-0.39, 0.29) is 10.9 Å². The minimum absolute atomic E-state index is 0.0805. The molecule has 3 N–H and O–H groups in total. The van der Waals surface area contributed by atoms with E-state index < -0.39 is 0 Å². The van der Waals surface area contributed by atoms with Gasteiger partial charge in [-0.3, -0.25) is 9.69 Å². The number of nitrogens with two attached hydrogens (primary N) is 1. The standard InChI is InChI=1S/C14H19N3O2S/c1-17(10-6-7-19-9-10)8-13(18)16-12-5-3-2-4-11(12)14(15)20/h2-5,10H,6-9H2,1H3,(H2,15,20)(H,16,18). The number of ether oxygens (including phenoxy) is 1. The third kappa shape index (κ3) is 3.75. The van der Waals surface area contributed by atoms with Crippen LogP contribution in [-0.4, -0.2) is 48.6 Å². The zero-order valence-corrected chi connectivity index (χ0v) is 12.3. The number of nitrogens with zero attached hydrogens (tertiary/aromatic N) is 1. The maximum atomic E-state index is 12.1. The molecular weight excluding hydrogens is 274 g/mol. The second kappa shape index (κ2) is 6.78. The Kier molecular flexibility index (Phi) is 5.05. The molecule has 1 aliphatic heterocycles. The summed E-state index contributed by atoms with van der Waals surface area (Å²) in [6.07, 6.45) is 0.966. The number of hydrogen-bond acceptors (Lipinski definition) is 4. The number of thiocarbonyl (C=S) groups is 1. The molecule has 1 aliphatic rings. The molecule has 0 aromatic heterocycles. The van der Waals surface area contributed by atoms with E-state index in [0.29, 0.717) is 30.4 Å². The molecule has 0 bridgehead atoms. The van der Waals surface area contributed by atoms with Crippen molar-refractivity contribution >= 4 is 28.8 Å². The molecule has 1 amide bonds. The van der Waals surface area contributed by atoms with Gasteiger partial charge in [-0.05, 0) is 25.6 Å². The van der Waals surface area contributed by atoms with Crippen molar-refractivity contribution in [1.82, 2.24) is 4.90 Å². The minimum Gasteiger partial charge on any atom is -0.389 e. The maximum Gasteiger partial charge on any atom is 0.238 e. The average molecular weight is 293 g/mol. The second-order valence-corrected chi connectivity index (χ2v) is 5.33. The first kappa shape index (κ1) is 14.9. The van der Waals surface area contributed by atoms with Crippen LogP contribution >= 0.6 is 12.2 Å². The molecule has 6 heteroatoms. The van der Waals surface area contributed by atoms with Gasteiger partial charge in [-0.1, -0.05) is 24.4 Å². The van der Waals surface area contributed by atoms with Crippen molar-refractivity contribution in [3.05, 3.63) is 29.8 Å². The van der Waals surface area contributed by atoms with Crippen LogP contribution in [0.5, 0.6) is 0 Å². The number of amides is 1. The zero-order valence-electron chi connectivity index (χ0n) is 11.5. The van der Waals surface area contributed by atoms with E-state index in [0.717, 1.165) is 13.0 Å². The number of para-hydroxylation sites is 1. The highest BCUT2D eigenvalue weighted by Crippen LogP contribution is 2.15. The van der Waals surface area contributed by atoms with Crippen LogP contribution in [0.15, 0.2) is 24.3 Å². The minimum atomic E-state index is -0.0805. The van der Waals surface area contributed by atoms with E-state index in [1.54, 1.807) is 12.1 Å². The van der Waals surface area contributed by atoms with E-state index in [2.05, 4.69) is 5.32 Å². The van der Waals surface area contributed by atoms with Crippen molar-refractivity contribution in [3.63, 3.8) is 0 Å². The molecule has 0 saturated carbocycles. The van der Waals surface area contributed by atoms with Crippen molar-refractivity contribution in [2.75, 3.05) is 32.1 Å². The smallest absolute Gasteiger partial charge is 0.238 e. The molecule has 1 aromatic rings. The van der Waals surface area contributed by atoms with Gasteiger partial charge in [0.1, 0.15) is 4.99 Å². The quantitative estimate of drug-likeness (QED) is 0.792. The third-order valence-electron chi connectivity index (χ3n) is 3.39. The van der Waals surface area contributed by atoms with Crippen LogP contribution in [0.3, 0.4) is 0 Å². The molecule has 20 heavy (non-hydrogen) atoms. The van der Waals surface area contributed by atoms with E-state index in [4.69, 9.17) is 22.7 Å². The number of rotatable bonds is 5. The molecule has 1 fully saturated rings. The van der Waals surface area contributed by atoms with Crippen molar-refractivity contribution in [3.8, 4) is 0 Å². The van der Waals surface area contributed by atoms with E-state index in [1.807, 2.05) is 24.1 Å². The normalized spacial score (nSPS) is 18.2. The van der Waals surface area contributed by atoms with E-state index in [9.17, 15) is 4.79 Å². The van der Waals surface area contributed by atoms with Gasteiger partial charge in [-0.15, -0.1) is 0 Å². The van der Waals surface area contributed by atoms with Gasteiger partial charge in [-0.2, -0.15) is 0 Å². The van der Waals surface area contributed by atoms with Crippen LogP contribution < -0.4 is 11.1 Å². The molecule has 1 saturated heterocycles. The summed E-state index contributed by atoms with van der Waals surface area (Å²) >= 11 is 4.98. The molecular formula is C14H19N3O2S. The van der Waals surface area contributed by atoms with Crippen LogP contribution in [0, 0.1) is 0 Å². The fourth-order valence-electron chi connectivity index (χ4n) is 2.22. The molecule has 1 unspecified atom stereocenters. The predicted octanol–water partition coefficient (Wildman–Crippen LogP) is 0.980. The lowest BCUT2D eigenvalue weighted by atomic mass is 10.1. The van der Waals surface area contributed by atoms with Crippen molar-refractivity contribution < 1.29 is 9.53 Å². The lowest BCUT2D eigenvalue weighted by Crippen LogP contribution is -2.38.